The predicted molar refractivity (Wildman–Crippen MR) is 121 cm³/mol. The molecule has 5 fully saturated rings. The minimum Gasteiger partial charge on any atom is -0.385 e. The van der Waals surface area contributed by atoms with Crippen LogP contribution in [0.5, 0.6) is 0 Å². The molecule has 7 nitrogen and oxygen atoms in total. The van der Waals surface area contributed by atoms with Crippen LogP contribution in [0.2, 0.25) is 0 Å². The molecular weight excluding hydrogens is 392 g/mol. The average molecular weight is 435 g/mol. The number of methoxy groups -OCH3 is 1. The molecule has 1 saturated heterocycles. The number of ether oxygens (including phenoxy) is 1. The van der Waals surface area contributed by atoms with Crippen molar-refractivity contribution in [3.8, 4) is 0 Å². The second-order valence-electron chi connectivity index (χ2n) is 10.8. The van der Waals surface area contributed by atoms with Crippen LogP contribution in [0.1, 0.15) is 51.9 Å². The molecule has 2 amide bonds. The smallest absolute Gasteiger partial charge is 0.234 e. The maximum Gasteiger partial charge on any atom is 0.234 e. The fraction of sp³-hybridized carbons (Fsp3) is 0.917. The minimum absolute atomic E-state index is 0.0756. The van der Waals surface area contributed by atoms with Gasteiger partial charge in [-0.1, -0.05) is 0 Å². The third kappa shape index (κ3) is 5.79. The van der Waals surface area contributed by atoms with Gasteiger partial charge in [-0.05, 0) is 75.0 Å². The van der Waals surface area contributed by atoms with Crippen LogP contribution in [0.25, 0.3) is 0 Å². The number of carbonyl (C=O) groups is 2. The molecule has 0 aromatic rings. The highest BCUT2D eigenvalue weighted by atomic mass is 16.5. The fourth-order valence-corrected chi connectivity index (χ4v) is 7.16. The van der Waals surface area contributed by atoms with Crippen molar-refractivity contribution in [3.05, 3.63) is 0 Å². The van der Waals surface area contributed by atoms with Gasteiger partial charge in [-0.3, -0.25) is 19.4 Å². The van der Waals surface area contributed by atoms with Gasteiger partial charge in [0.1, 0.15) is 0 Å². The molecule has 4 saturated carbocycles. The van der Waals surface area contributed by atoms with Crippen LogP contribution in [-0.2, 0) is 14.3 Å². The number of rotatable bonds is 10. The topological polar surface area (TPSA) is 73.9 Å². The lowest BCUT2D eigenvalue weighted by Gasteiger charge is -2.59. The Morgan fingerprint density at radius 2 is 1.45 bits per heavy atom. The number of carbonyl (C=O) groups excluding carboxylic acids is 2. The summed E-state index contributed by atoms with van der Waals surface area (Å²) >= 11 is 0. The van der Waals surface area contributed by atoms with Crippen molar-refractivity contribution < 1.29 is 14.3 Å². The maximum absolute atomic E-state index is 12.8. The van der Waals surface area contributed by atoms with E-state index in [-0.39, 0.29) is 17.9 Å². The Hall–Kier alpha value is -1.18. The Morgan fingerprint density at radius 3 is 1.97 bits per heavy atom. The molecule has 7 heteroatoms. The monoisotopic (exact) mass is 434 g/mol. The van der Waals surface area contributed by atoms with E-state index < -0.39 is 0 Å². The quantitative estimate of drug-likeness (QED) is 0.510. The summed E-state index contributed by atoms with van der Waals surface area (Å²) < 4.78 is 5.00. The van der Waals surface area contributed by atoms with E-state index in [4.69, 9.17) is 4.74 Å². The number of nitrogens with one attached hydrogen (secondary N) is 2. The summed E-state index contributed by atoms with van der Waals surface area (Å²) in [6.45, 7) is 7.87. The van der Waals surface area contributed by atoms with Crippen molar-refractivity contribution in [1.29, 1.82) is 0 Å². The van der Waals surface area contributed by atoms with Gasteiger partial charge in [0.15, 0.2) is 0 Å². The maximum atomic E-state index is 12.8. The normalized spacial score (nSPS) is 33.9. The van der Waals surface area contributed by atoms with Crippen molar-refractivity contribution in [2.24, 2.45) is 23.2 Å². The average Bonchev–Trinajstić information content (AvgIpc) is 2.71. The van der Waals surface area contributed by atoms with Crippen LogP contribution < -0.4 is 10.6 Å². The highest BCUT2D eigenvalue weighted by molar-refractivity contribution is 5.78. The van der Waals surface area contributed by atoms with Gasteiger partial charge < -0.3 is 15.4 Å². The number of hydrogen-bond donors (Lipinski definition) is 2. The lowest BCUT2D eigenvalue weighted by Crippen LogP contribution is -2.57. The van der Waals surface area contributed by atoms with E-state index in [0.717, 1.165) is 50.4 Å². The molecule has 2 N–H and O–H groups in total. The highest BCUT2D eigenvalue weighted by Crippen LogP contribution is 2.61. The Kier molecular flexibility index (Phi) is 7.55. The minimum atomic E-state index is 0.0756. The van der Waals surface area contributed by atoms with Crippen LogP contribution in [0.4, 0.5) is 0 Å². The first kappa shape index (κ1) is 23.0. The van der Waals surface area contributed by atoms with E-state index in [0.29, 0.717) is 31.7 Å². The van der Waals surface area contributed by atoms with Crippen molar-refractivity contribution in [3.63, 3.8) is 0 Å². The molecule has 4 bridgehead atoms. The van der Waals surface area contributed by atoms with E-state index in [9.17, 15) is 9.59 Å². The van der Waals surface area contributed by atoms with E-state index in [1.54, 1.807) is 7.11 Å². The number of piperazine rings is 1. The first-order valence-electron chi connectivity index (χ1n) is 12.5. The molecule has 0 radical (unpaired) electrons. The van der Waals surface area contributed by atoms with Gasteiger partial charge in [0.2, 0.25) is 11.8 Å². The van der Waals surface area contributed by atoms with Crippen molar-refractivity contribution in [2.75, 3.05) is 59.5 Å². The summed E-state index contributed by atoms with van der Waals surface area (Å²) in [6, 6.07) is 0.288. The Labute approximate surface area is 187 Å². The summed E-state index contributed by atoms with van der Waals surface area (Å²) in [7, 11) is 1.67. The predicted octanol–water partition coefficient (Wildman–Crippen LogP) is 1.48. The second kappa shape index (κ2) is 10.2. The molecule has 0 aromatic carbocycles. The molecule has 5 rings (SSSR count). The van der Waals surface area contributed by atoms with E-state index in [1.165, 1.54) is 38.5 Å². The van der Waals surface area contributed by atoms with Crippen molar-refractivity contribution >= 4 is 11.8 Å². The lowest BCUT2D eigenvalue weighted by molar-refractivity contribution is -0.128. The van der Waals surface area contributed by atoms with Gasteiger partial charge in [0.25, 0.3) is 0 Å². The standard InChI is InChI=1S/C24H42N4O3/c1-18(24-13-19-10-20(14-24)12-21(11-19)15-24)26-23(30)17-28-7-5-27(6-8-28)16-22(29)25-4-3-9-31-2/h18-21H,3-17H2,1-2H3,(H,25,29)(H,26,30)/t18-,19?,20?,21?,24?/m1/s1. The Balaban J connectivity index is 1.15. The van der Waals surface area contributed by atoms with E-state index in [2.05, 4.69) is 27.4 Å². The zero-order valence-corrected chi connectivity index (χ0v) is 19.5. The molecule has 1 heterocycles. The van der Waals surface area contributed by atoms with Gasteiger partial charge in [-0.15, -0.1) is 0 Å². The van der Waals surface area contributed by atoms with Gasteiger partial charge in [-0.2, -0.15) is 0 Å². The van der Waals surface area contributed by atoms with Crippen molar-refractivity contribution in [1.82, 2.24) is 20.4 Å². The third-order valence-electron chi connectivity index (χ3n) is 8.43. The van der Waals surface area contributed by atoms with Crippen LogP contribution in [0, 0.1) is 23.2 Å². The van der Waals surface area contributed by atoms with Crippen LogP contribution in [0.3, 0.4) is 0 Å². The zero-order chi connectivity index (χ0) is 21.8. The summed E-state index contributed by atoms with van der Waals surface area (Å²) in [4.78, 5) is 29.3. The Morgan fingerprint density at radius 1 is 0.935 bits per heavy atom. The van der Waals surface area contributed by atoms with Gasteiger partial charge in [-0.25, -0.2) is 0 Å². The Bertz CT molecular complexity index is 597. The van der Waals surface area contributed by atoms with Crippen LogP contribution in [0.15, 0.2) is 0 Å². The van der Waals surface area contributed by atoms with Gasteiger partial charge >= 0.3 is 0 Å². The molecule has 0 aromatic heterocycles. The third-order valence-corrected chi connectivity index (χ3v) is 8.43. The molecule has 5 aliphatic rings. The number of hydrogen-bond acceptors (Lipinski definition) is 5. The fourth-order valence-electron chi connectivity index (χ4n) is 7.16. The summed E-state index contributed by atoms with van der Waals surface area (Å²) in [5.41, 5.74) is 0.361. The second-order valence-corrected chi connectivity index (χ2v) is 10.8. The van der Waals surface area contributed by atoms with E-state index in [1.807, 2.05) is 0 Å². The highest BCUT2D eigenvalue weighted by Gasteiger charge is 2.53. The van der Waals surface area contributed by atoms with Gasteiger partial charge in [0, 0.05) is 52.5 Å². The first-order valence-corrected chi connectivity index (χ1v) is 12.5. The molecule has 31 heavy (non-hydrogen) atoms. The number of nitrogens with zero attached hydrogens (tertiary/aromatic N) is 2. The zero-order valence-electron chi connectivity index (χ0n) is 19.5. The molecule has 0 unspecified atom stereocenters. The van der Waals surface area contributed by atoms with Crippen LogP contribution >= 0.6 is 0 Å². The summed E-state index contributed by atoms with van der Waals surface area (Å²) in [5.74, 6) is 2.99. The SMILES string of the molecule is COCCCNC(=O)CN1CCN(CC(=O)N[C@H](C)C23CC4CC(CC(C4)C2)C3)CC1. The van der Waals surface area contributed by atoms with E-state index >= 15 is 0 Å². The largest absolute Gasteiger partial charge is 0.385 e. The van der Waals surface area contributed by atoms with Crippen LogP contribution in [-0.4, -0.2) is 87.2 Å². The molecule has 1 atom stereocenters. The first-order chi connectivity index (χ1) is 15.0. The molecule has 4 aliphatic carbocycles. The molecule has 176 valence electrons. The van der Waals surface area contributed by atoms with Crippen molar-refractivity contribution in [2.45, 2.75) is 57.9 Å². The molecule has 0 spiro atoms. The summed E-state index contributed by atoms with van der Waals surface area (Å²) in [6.07, 6.45) is 9.14. The molecule has 1 aliphatic heterocycles. The lowest BCUT2D eigenvalue weighted by atomic mass is 9.48. The number of amides is 2. The molecular formula is C24H42N4O3. The summed E-state index contributed by atoms with van der Waals surface area (Å²) in [5, 5.41) is 6.34. The van der Waals surface area contributed by atoms with Gasteiger partial charge in [0.05, 0.1) is 13.1 Å².